The number of carbonyl (C=O) groups is 1. The summed E-state index contributed by atoms with van der Waals surface area (Å²) in [6.07, 6.45) is 1.65. The second-order valence-electron chi connectivity index (χ2n) is 7.49. The van der Waals surface area contributed by atoms with E-state index in [1.807, 2.05) is 18.2 Å². The molecule has 1 fully saturated rings. The maximum Gasteiger partial charge on any atom is 0.255 e. The number of benzene rings is 2. The Morgan fingerprint density at radius 2 is 1.83 bits per heavy atom. The van der Waals surface area contributed by atoms with Crippen LogP contribution in [0, 0.1) is 0 Å². The van der Waals surface area contributed by atoms with Gasteiger partial charge in [-0.3, -0.25) is 4.79 Å². The van der Waals surface area contributed by atoms with Crippen LogP contribution in [-0.4, -0.2) is 57.4 Å². The monoisotopic (exact) mass is 450 g/mol. The fraction of sp³-hybridized carbons (Fsp3) is 0.381. The largest absolute Gasteiger partial charge is 0.486 e. The molecule has 2 heterocycles. The highest BCUT2D eigenvalue weighted by atomic mass is 35.5. The van der Waals surface area contributed by atoms with Crippen molar-refractivity contribution >= 4 is 27.5 Å². The van der Waals surface area contributed by atoms with E-state index >= 15 is 0 Å². The summed E-state index contributed by atoms with van der Waals surface area (Å²) in [5.41, 5.74) is 1.14. The topological polar surface area (TPSA) is 76.2 Å². The first-order valence-electron chi connectivity index (χ1n) is 9.71. The van der Waals surface area contributed by atoms with Crippen molar-refractivity contribution in [3.8, 4) is 11.5 Å². The normalized spacial score (nSPS) is 18.7. The van der Waals surface area contributed by atoms with Gasteiger partial charge >= 0.3 is 0 Å². The molecule has 0 spiro atoms. The molecule has 1 saturated heterocycles. The average molecular weight is 451 g/mol. The number of carbonyl (C=O) groups excluding carboxylic acids is 1. The minimum absolute atomic E-state index is 0.0373. The summed E-state index contributed by atoms with van der Waals surface area (Å²) < 4.78 is 37.4. The molecule has 2 aromatic rings. The summed E-state index contributed by atoms with van der Waals surface area (Å²) in [5, 5.41) is 0.227. The lowest BCUT2D eigenvalue weighted by Gasteiger charge is -2.27. The zero-order valence-electron chi connectivity index (χ0n) is 16.8. The van der Waals surface area contributed by atoms with E-state index in [0.717, 1.165) is 22.7 Å². The molecule has 2 aliphatic heterocycles. The standard InChI is InChI=1S/C21H23ClN2O5S/c1-23(2)30(26,27)15-6-7-17(22)16(13-15)21(25)24-9-3-4-18(24)14-5-8-19-20(12-14)29-11-10-28-19/h5-8,12-13,18H,3-4,9-11H2,1-2H3. The van der Waals surface area contributed by atoms with Gasteiger partial charge in [0.1, 0.15) is 13.2 Å². The van der Waals surface area contributed by atoms with Crippen LogP contribution in [0.15, 0.2) is 41.3 Å². The zero-order chi connectivity index (χ0) is 21.5. The second kappa shape index (κ2) is 8.09. The summed E-state index contributed by atoms with van der Waals surface area (Å²) in [6.45, 7) is 1.58. The molecule has 0 bridgehead atoms. The van der Waals surface area contributed by atoms with Crippen molar-refractivity contribution in [1.82, 2.24) is 9.21 Å². The first-order valence-corrected chi connectivity index (χ1v) is 11.5. The number of ether oxygens (including phenoxy) is 2. The molecule has 4 rings (SSSR count). The van der Waals surface area contributed by atoms with Crippen LogP contribution in [0.1, 0.15) is 34.8 Å². The number of halogens is 1. The van der Waals surface area contributed by atoms with Crippen LogP contribution in [0.5, 0.6) is 11.5 Å². The summed E-state index contributed by atoms with van der Waals surface area (Å²) >= 11 is 6.30. The van der Waals surface area contributed by atoms with Crippen molar-refractivity contribution in [3.05, 3.63) is 52.5 Å². The molecule has 30 heavy (non-hydrogen) atoms. The third kappa shape index (κ3) is 3.75. The van der Waals surface area contributed by atoms with Gasteiger partial charge in [-0.05, 0) is 48.7 Å². The minimum Gasteiger partial charge on any atom is -0.486 e. The molecule has 0 saturated carbocycles. The molecule has 7 nitrogen and oxygen atoms in total. The Balaban J connectivity index is 1.66. The van der Waals surface area contributed by atoms with Crippen molar-refractivity contribution in [2.24, 2.45) is 0 Å². The van der Waals surface area contributed by atoms with E-state index in [1.54, 1.807) is 4.90 Å². The van der Waals surface area contributed by atoms with Gasteiger partial charge in [0.2, 0.25) is 10.0 Å². The third-order valence-electron chi connectivity index (χ3n) is 5.41. The Morgan fingerprint density at radius 3 is 2.57 bits per heavy atom. The van der Waals surface area contributed by atoms with E-state index in [-0.39, 0.29) is 27.4 Å². The Kier molecular flexibility index (Phi) is 5.65. The Morgan fingerprint density at radius 1 is 1.10 bits per heavy atom. The van der Waals surface area contributed by atoms with Crippen LogP contribution in [0.4, 0.5) is 0 Å². The molecular formula is C21H23ClN2O5S. The smallest absolute Gasteiger partial charge is 0.255 e. The van der Waals surface area contributed by atoms with Crippen LogP contribution in [0.25, 0.3) is 0 Å². The molecule has 1 amide bonds. The van der Waals surface area contributed by atoms with Gasteiger partial charge in [0.15, 0.2) is 11.5 Å². The Hall–Kier alpha value is -2.29. The minimum atomic E-state index is -3.68. The highest BCUT2D eigenvalue weighted by molar-refractivity contribution is 7.89. The fourth-order valence-electron chi connectivity index (χ4n) is 3.82. The maximum atomic E-state index is 13.4. The zero-order valence-corrected chi connectivity index (χ0v) is 18.4. The van der Waals surface area contributed by atoms with Gasteiger partial charge < -0.3 is 14.4 Å². The molecule has 1 unspecified atom stereocenters. The fourth-order valence-corrected chi connectivity index (χ4v) is 4.94. The molecule has 160 valence electrons. The highest BCUT2D eigenvalue weighted by Gasteiger charge is 2.33. The number of sulfonamides is 1. The van der Waals surface area contributed by atoms with Gasteiger partial charge in [-0.2, -0.15) is 0 Å². The van der Waals surface area contributed by atoms with Gasteiger partial charge in [0.25, 0.3) is 5.91 Å². The van der Waals surface area contributed by atoms with E-state index in [0.29, 0.717) is 31.3 Å². The third-order valence-corrected chi connectivity index (χ3v) is 7.55. The number of nitrogens with zero attached hydrogens (tertiary/aromatic N) is 2. The van der Waals surface area contributed by atoms with E-state index in [4.69, 9.17) is 21.1 Å². The lowest BCUT2D eigenvalue weighted by molar-refractivity contribution is 0.0735. The molecular weight excluding hydrogens is 428 g/mol. The van der Waals surface area contributed by atoms with Crippen molar-refractivity contribution < 1.29 is 22.7 Å². The van der Waals surface area contributed by atoms with E-state index in [1.165, 1.54) is 32.3 Å². The van der Waals surface area contributed by atoms with E-state index < -0.39 is 10.0 Å². The van der Waals surface area contributed by atoms with Gasteiger partial charge in [-0.15, -0.1) is 0 Å². The molecule has 0 N–H and O–H groups in total. The molecule has 9 heteroatoms. The molecule has 0 radical (unpaired) electrons. The number of rotatable bonds is 4. The van der Waals surface area contributed by atoms with Gasteiger partial charge in [0, 0.05) is 20.6 Å². The first-order chi connectivity index (χ1) is 14.3. The average Bonchev–Trinajstić information content (AvgIpc) is 3.23. The number of fused-ring (bicyclic) bond motifs is 1. The van der Waals surface area contributed by atoms with E-state index in [2.05, 4.69) is 0 Å². The summed E-state index contributed by atoms with van der Waals surface area (Å²) in [6, 6.07) is 9.81. The van der Waals surface area contributed by atoms with Crippen LogP contribution in [0.3, 0.4) is 0 Å². The Labute approximate surface area is 181 Å². The maximum absolute atomic E-state index is 13.4. The van der Waals surface area contributed by atoms with Crippen molar-refractivity contribution in [1.29, 1.82) is 0 Å². The van der Waals surface area contributed by atoms with Crippen LogP contribution in [0.2, 0.25) is 5.02 Å². The molecule has 0 aromatic heterocycles. The van der Waals surface area contributed by atoms with Gasteiger partial charge in [0.05, 0.1) is 21.5 Å². The summed E-state index contributed by atoms with van der Waals surface area (Å²) in [4.78, 5) is 15.2. The first kappa shape index (κ1) is 21.0. The summed E-state index contributed by atoms with van der Waals surface area (Å²) in [5.74, 6) is 1.09. The van der Waals surface area contributed by atoms with Crippen LogP contribution >= 0.6 is 11.6 Å². The molecule has 2 aromatic carbocycles. The summed E-state index contributed by atoms with van der Waals surface area (Å²) in [7, 11) is -0.779. The number of amides is 1. The van der Waals surface area contributed by atoms with Gasteiger partial charge in [-0.1, -0.05) is 17.7 Å². The van der Waals surface area contributed by atoms with Gasteiger partial charge in [-0.25, -0.2) is 12.7 Å². The van der Waals surface area contributed by atoms with Crippen molar-refractivity contribution in [3.63, 3.8) is 0 Å². The molecule has 1 atom stereocenters. The second-order valence-corrected chi connectivity index (χ2v) is 10.0. The molecule has 2 aliphatic rings. The predicted molar refractivity (Wildman–Crippen MR) is 113 cm³/mol. The molecule has 0 aliphatic carbocycles. The van der Waals surface area contributed by atoms with Crippen LogP contribution in [-0.2, 0) is 10.0 Å². The van der Waals surface area contributed by atoms with Crippen molar-refractivity contribution in [2.45, 2.75) is 23.8 Å². The SMILES string of the molecule is CN(C)S(=O)(=O)c1ccc(Cl)c(C(=O)N2CCCC2c2ccc3c(c2)OCCO3)c1. The van der Waals surface area contributed by atoms with E-state index in [9.17, 15) is 13.2 Å². The Bertz CT molecular complexity index is 1090. The number of hydrogen-bond donors (Lipinski definition) is 0. The lowest BCUT2D eigenvalue weighted by Crippen LogP contribution is -2.31. The number of likely N-dealkylation sites (tertiary alicyclic amines) is 1. The quantitative estimate of drug-likeness (QED) is 0.714. The predicted octanol–water partition coefficient (Wildman–Crippen LogP) is 3.34. The lowest BCUT2D eigenvalue weighted by atomic mass is 10.0. The number of hydrogen-bond acceptors (Lipinski definition) is 5. The van der Waals surface area contributed by atoms with Crippen molar-refractivity contribution in [2.75, 3.05) is 33.9 Å². The highest BCUT2D eigenvalue weighted by Crippen LogP contribution is 2.39. The van der Waals surface area contributed by atoms with Crippen LogP contribution < -0.4 is 9.47 Å².